The summed E-state index contributed by atoms with van der Waals surface area (Å²) in [5, 5.41) is 6.34. The van der Waals surface area contributed by atoms with E-state index in [0.29, 0.717) is 12.3 Å². The first-order valence-corrected chi connectivity index (χ1v) is 8.58. The number of hydrogen-bond donors (Lipinski definition) is 2. The number of nitrogens with zero attached hydrogens (tertiary/aromatic N) is 1. The Balaban J connectivity index is 1.86. The van der Waals surface area contributed by atoms with Crippen molar-refractivity contribution in [3.8, 4) is 5.75 Å². The van der Waals surface area contributed by atoms with Gasteiger partial charge in [0, 0.05) is 5.69 Å². The fourth-order valence-corrected chi connectivity index (χ4v) is 2.13. The van der Waals surface area contributed by atoms with Crippen LogP contribution in [0.2, 0.25) is 0 Å². The minimum Gasteiger partial charge on any atom is -0.494 e. The van der Waals surface area contributed by atoms with E-state index in [0.717, 1.165) is 29.7 Å². The summed E-state index contributed by atoms with van der Waals surface area (Å²) in [5.74, 6) is -0.874. The van der Waals surface area contributed by atoms with Gasteiger partial charge in [0.05, 0.1) is 12.8 Å². The molecule has 0 saturated heterocycles. The van der Waals surface area contributed by atoms with Gasteiger partial charge in [0.2, 0.25) is 0 Å². The Morgan fingerprint density at radius 3 is 2.54 bits per heavy atom. The second-order valence-corrected chi connectivity index (χ2v) is 5.62. The highest BCUT2D eigenvalue weighted by Crippen LogP contribution is 2.12. The fourth-order valence-electron chi connectivity index (χ4n) is 2.13. The number of ether oxygens (including phenoxy) is 1. The van der Waals surface area contributed by atoms with Gasteiger partial charge in [-0.05, 0) is 48.2 Å². The van der Waals surface area contributed by atoms with Crippen LogP contribution in [0, 0.1) is 0 Å². The molecule has 2 rings (SSSR count). The van der Waals surface area contributed by atoms with Crippen molar-refractivity contribution in [3.05, 3.63) is 59.7 Å². The Hall–Kier alpha value is -3.15. The number of carbonyl (C=O) groups is 2. The van der Waals surface area contributed by atoms with Crippen LogP contribution in [0.15, 0.2) is 53.6 Å². The standard InChI is InChI=1S/C20H23N3O3/c1-3-12-26-18-7-5-6-16(13-18)14-21-23-20(25)19(24)22-17-10-8-15(4-2)9-11-17/h5-11,13-14H,3-4,12H2,1-2H3,(H,22,24)(H,23,25)/b21-14-. The zero-order valence-electron chi connectivity index (χ0n) is 15.0. The van der Waals surface area contributed by atoms with E-state index in [-0.39, 0.29) is 0 Å². The van der Waals surface area contributed by atoms with E-state index >= 15 is 0 Å². The van der Waals surface area contributed by atoms with Gasteiger partial charge in [0.1, 0.15) is 5.75 Å². The van der Waals surface area contributed by atoms with Crippen LogP contribution in [0.25, 0.3) is 0 Å². The number of aryl methyl sites for hydroxylation is 1. The van der Waals surface area contributed by atoms with Crippen molar-refractivity contribution in [3.63, 3.8) is 0 Å². The maximum absolute atomic E-state index is 11.9. The minimum atomic E-state index is -0.834. The maximum atomic E-state index is 11.9. The van der Waals surface area contributed by atoms with Gasteiger partial charge in [-0.3, -0.25) is 9.59 Å². The van der Waals surface area contributed by atoms with Crippen LogP contribution in [0.5, 0.6) is 5.75 Å². The zero-order valence-corrected chi connectivity index (χ0v) is 15.0. The van der Waals surface area contributed by atoms with Crippen molar-refractivity contribution in [2.24, 2.45) is 5.10 Å². The number of anilines is 1. The number of hydrogen-bond acceptors (Lipinski definition) is 4. The molecule has 0 radical (unpaired) electrons. The monoisotopic (exact) mass is 353 g/mol. The minimum absolute atomic E-state index is 0.562. The van der Waals surface area contributed by atoms with Gasteiger partial charge in [-0.15, -0.1) is 0 Å². The lowest BCUT2D eigenvalue weighted by Crippen LogP contribution is -2.32. The normalized spacial score (nSPS) is 10.5. The number of nitrogens with one attached hydrogen (secondary N) is 2. The van der Waals surface area contributed by atoms with E-state index < -0.39 is 11.8 Å². The lowest BCUT2D eigenvalue weighted by molar-refractivity contribution is -0.136. The third-order valence-corrected chi connectivity index (χ3v) is 3.54. The lowest BCUT2D eigenvalue weighted by Gasteiger charge is -2.05. The van der Waals surface area contributed by atoms with Gasteiger partial charge in [0.15, 0.2) is 0 Å². The Morgan fingerprint density at radius 1 is 1.08 bits per heavy atom. The molecule has 6 nitrogen and oxygen atoms in total. The van der Waals surface area contributed by atoms with Crippen molar-refractivity contribution < 1.29 is 14.3 Å². The number of amides is 2. The van der Waals surface area contributed by atoms with Crippen molar-refractivity contribution >= 4 is 23.7 Å². The fraction of sp³-hybridized carbons (Fsp3) is 0.250. The van der Waals surface area contributed by atoms with Crippen molar-refractivity contribution in [2.45, 2.75) is 26.7 Å². The average Bonchev–Trinajstić information content (AvgIpc) is 2.67. The number of hydrazone groups is 1. The molecule has 26 heavy (non-hydrogen) atoms. The van der Waals surface area contributed by atoms with Gasteiger partial charge in [-0.2, -0.15) is 5.10 Å². The van der Waals surface area contributed by atoms with Gasteiger partial charge < -0.3 is 10.1 Å². The molecule has 2 aromatic carbocycles. The summed E-state index contributed by atoms with van der Waals surface area (Å²) >= 11 is 0. The second kappa shape index (κ2) is 9.98. The van der Waals surface area contributed by atoms with Crippen LogP contribution in [0.4, 0.5) is 5.69 Å². The second-order valence-electron chi connectivity index (χ2n) is 5.62. The molecular formula is C20H23N3O3. The third kappa shape index (κ3) is 6.05. The predicted octanol–water partition coefficient (Wildman–Crippen LogP) is 3.13. The molecule has 0 atom stereocenters. The summed E-state index contributed by atoms with van der Waals surface area (Å²) in [4.78, 5) is 23.7. The molecule has 136 valence electrons. The van der Waals surface area contributed by atoms with Crippen LogP contribution in [-0.4, -0.2) is 24.6 Å². The maximum Gasteiger partial charge on any atom is 0.329 e. The Labute approximate surface area is 153 Å². The topological polar surface area (TPSA) is 79.8 Å². The van der Waals surface area contributed by atoms with Crippen LogP contribution in [0.3, 0.4) is 0 Å². The molecule has 0 saturated carbocycles. The molecule has 0 heterocycles. The van der Waals surface area contributed by atoms with Crippen molar-refractivity contribution in [1.82, 2.24) is 5.43 Å². The van der Waals surface area contributed by atoms with Crippen molar-refractivity contribution in [2.75, 3.05) is 11.9 Å². The van der Waals surface area contributed by atoms with Crippen LogP contribution < -0.4 is 15.5 Å². The molecule has 6 heteroatoms. The first-order valence-electron chi connectivity index (χ1n) is 8.58. The molecule has 0 aliphatic heterocycles. The molecular weight excluding hydrogens is 330 g/mol. The van der Waals surface area contributed by atoms with Gasteiger partial charge in [-0.25, -0.2) is 5.43 Å². The number of carbonyl (C=O) groups excluding carboxylic acids is 2. The van der Waals surface area contributed by atoms with E-state index in [1.807, 2.05) is 44.2 Å². The first kappa shape index (κ1) is 19.2. The summed E-state index contributed by atoms with van der Waals surface area (Å²) < 4.78 is 5.53. The summed E-state index contributed by atoms with van der Waals surface area (Å²) in [6, 6.07) is 14.6. The molecule has 0 aromatic heterocycles. The first-order chi connectivity index (χ1) is 12.6. The summed E-state index contributed by atoms with van der Waals surface area (Å²) in [7, 11) is 0. The highest BCUT2D eigenvalue weighted by atomic mass is 16.5. The molecule has 2 N–H and O–H groups in total. The Kier molecular flexibility index (Phi) is 7.36. The van der Waals surface area contributed by atoms with E-state index in [2.05, 4.69) is 15.8 Å². The largest absolute Gasteiger partial charge is 0.494 e. The highest BCUT2D eigenvalue weighted by Gasteiger charge is 2.12. The number of benzene rings is 2. The molecule has 2 amide bonds. The molecule has 0 bridgehead atoms. The van der Waals surface area contributed by atoms with Crippen LogP contribution >= 0.6 is 0 Å². The Morgan fingerprint density at radius 2 is 1.85 bits per heavy atom. The van der Waals surface area contributed by atoms with Gasteiger partial charge in [-0.1, -0.05) is 38.1 Å². The van der Waals surface area contributed by atoms with E-state index in [9.17, 15) is 9.59 Å². The Bertz CT molecular complexity index is 770. The van der Waals surface area contributed by atoms with Crippen LogP contribution in [0.1, 0.15) is 31.4 Å². The lowest BCUT2D eigenvalue weighted by atomic mass is 10.1. The summed E-state index contributed by atoms with van der Waals surface area (Å²) in [5.41, 5.74) is 4.69. The molecule has 0 spiro atoms. The molecule has 0 aliphatic rings. The molecule has 0 fully saturated rings. The van der Waals surface area contributed by atoms with Gasteiger partial charge in [0.25, 0.3) is 0 Å². The van der Waals surface area contributed by atoms with E-state index in [4.69, 9.17) is 4.74 Å². The van der Waals surface area contributed by atoms with E-state index in [1.54, 1.807) is 18.2 Å². The SMILES string of the molecule is CCCOc1cccc(/C=N\NC(=O)C(=O)Nc2ccc(CC)cc2)c1. The average molecular weight is 353 g/mol. The molecule has 0 aliphatic carbocycles. The van der Waals surface area contributed by atoms with E-state index in [1.165, 1.54) is 6.21 Å². The predicted molar refractivity (Wildman–Crippen MR) is 102 cm³/mol. The quantitative estimate of drug-likeness (QED) is 0.456. The third-order valence-electron chi connectivity index (χ3n) is 3.54. The smallest absolute Gasteiger partial charge is 0.329 e. The summed E-state index contributed by atoms with van der Waals surface area (Å²) in [6.45, 7) is 4.71. The summed E-state index contributed by atoms with van der Waals surface area (Å²) in [6.07, 6.45) is 3.29. The highest BCUT2D eigenvalue weighted by molar-refractivity contribution is 6.39. The number of rotatable bonds is 7. The van der Waals surface area contributed by atoms with Gasteiger partial charge >= 0.3 is 11.8 Å². The van der Waals surface area contributed by atoms with Crippen molar-refractivity contribution in [1.29, 1.82) is 0 Å². The molecule has 0 unspecified atom stereocenters. The van der Waals surface area contributed by atoms with Crippen LogP contribution in [-0.2, 0) is 16.0 Å². The zero-order chi connectivity index (χ0) is 18.8. The molecule has 2 aromatic rings.